The zero-order valence-electron chi connectivity index (χ0n) is 13.0. The number of amides is 1. The fourth-order valence-corrected chi connectivity index (χ4v) is 2.76. The Bertz CT molecular complexity index is 799. The van der Waals surface area contributed by atoms with Gasteiger partial charge in [-0.15, -0.1) is 0 Å². The zero-order valence-corrected chi connectivity index (χ0v) is 13.8. The van der Waals surface area contributed by atoms with Crippen LogP contribution in [0.15, 0.2) is 23.1 Å². The molecule has 130 valence electrons. The molecule has 2 rings (SSSR count). The van der Waals surface area contributed by atoms with E-state index in [1.54, 1.807) is 0 Å². The molecule has 0 spiro atoms. The number of hydrogen-bond donors (Lipinski definition) is 1. The first-order valence-corrected chi connectivity index (χ1v) is 8.98. The summed E-state index contributed by atoms with van der Waals surface area (Å²) in [4.78, 5) is 33.4. The lowest BCUT2D eigenvalue weighted by Crippen LogP contribution is -2.37. The number of carbonyl (C=O) groups excluding carboxylic acids is 2. The van der Waals surface area contributed by atoms with Crippen LogP contribution in [0.1, 0.15) is 30.1 Å². The van der Waals surface area contributed by atoms with Gasteiger partial charge in [0.25, 0.3) is 11.6 Å². The summed E-state index contributed by atoms with van der Waals surface area (Å²) >= 11 is 0. The molecule has 1 amide bonds. The van der Waals surface area contributed by atoms with Gasteiger partial charge >= 0.3 is 5.97 Å². The van der Waals surface area contributed by atoms with E-state index in [1.165, 1.54) is 6.92 Å². The lowest BCUT2D eigenvalue weighted by Gasteiger charge is -2.13. The predicted octanol–water partition coefficient (Wildman–Crippen LogP) is 0.822. The van der Waals surface area contributed by atoms with E-state index in [0.717, 1.165) is 37.3 Å². The van der Waals surface area contributed by atoms with Gasteiger partial charge in [0, 0.05) is 18.4 Å². The number of hydrogen-bond acceptors (Lipinski definition) is 7. The van der Waals surface area contributed by atoms with Crippen LogP contribution in [0.3, 0.4) is 0 Å². The van der Waals surface area contributed by atoms with Crippen LogP contribution in [0.2, 0.25) is 0 Å². The second kappa shape index (κ2) is 6.56. The molecule has 1 saturated carbocycles. The van der Waals surface area contributed by atoms with Crippen molar-refractivity contribution in [2.24, 2.45) is 0 Å². The average Bonchev–Trinajstić information content (AvgIpc) is 3.29. The average molecular weight is 356 g/mol. The van der Waals surface area contributed by atoms with Gasteiger partial charge in [-0.3, -0.25) is 14.9 Å². The molecule has 0 unspecified atom stereocenters. The molecule has 0 aromatic heterocycles. The van der Waals surface area contributed by atoms with Crippen LogP contribution in [-0.2, 0) is 19.4 Å². The molecule has 10 heteroatoms. The maximum Gasteiger partial charge on any atom is 0.339 e. The van der Waals surface area contributed by atoms with E-state index in [-0.39, 0.29) is 11.6 Å². The molecule has 0 bridgehead atoms. The van der Waals surface area contributed by atoms with Crippen molar-refractivity contribution in [3.05, 3.63) is 33.9 Å². The van der Waals surface area contributed by atoms with Crippen molar-refractivity contribution in [2.75, 3.05) is 6.26 Å². The molecular weight excluding hydrogens is 340 g/mol. The summed E-state index contributed by atoms with van der Waals surface area (Å²) in [6.07, 6.45) is 1.53. The van der Waals surface area contributed by atoms with Crippen LogP contribution in [0.5, 0.6) is 0 Å². The van der Waals surface area contributed by atoms with E-state index in [2.05, 4.69) is 5.32 Å². The Balaban J connectivity index is 2.18. The molecule has 24 heavy (non-hydrogen) atoms. The van der Waals surface area contributed by atoms with Gasteiger partial charge in [-0.1, -0.05) is 0 Å². The smallest absolute Gasteiger partial charge is 0.339 e. The van der Waals surface area contributed by atoms with Crippen molar-refractivity contribution < 1.29 is 27.7 Å². The quantitative estimate of drug-likeness (QED) is 0.453. The van der Waals surface area contributed by atoms with Crippen LogP contribution < -0.4 is 5.32 Å². The van der Waals surface area contributed by atoms with Crippen molar-refractivity contribution in [1.29, 1.82) is 0 Å². The Morgan fingerprint density at radius 2 is 2.00 bits per heavy atom. The van der Waals surface area contributed by atoms with Crippen molar-refractivity contribution in [3.8, 4) is 0 Å². The highest BCUT2D eigenvalue weighted by atomic mass is 32.2. The number of ether oxygens (including phenoxy) is 1. The summed E-state index contributed by atoms with van der Waals surface area (Å²) < 4.78 is 28.0. The number of esters is 1. The van der Waals surface area contributed by atoms with Crippen LogP contribution in [-0.4, -0.2) is 43.6 Å². The summed E-state index contributed by atoms with van der Waals surface area (Å²) in [6, 6.07) is 3.01. The second-order valence-electron chi connectivity index (χ2n) is 5.54. The molecular formula is C14H16N2O7S. The maximum absolute atomic E-state index is 12.0. The lowest BCUT2D eigenvalue weighted by molar-refractivity contribution is -0.387. The molecule has 0 saturated heterocycles. The van der Waals surface area contributed by atoms with Crippen molar-refractivity contribution in [2.45, 2.75) is 36.8 Å². The maximum atomic E-state index is 12.0. The van der Waals surface area contributed by atoms with Gasteiger partial charge in [0.1, 0.15) is 4.90 Å². The molecule has 0 heterocycles. The normalized spacial score (nSPS) is 15.4. The van der Waals surface area contributed by atoms with E-state index in [4.69, 9.17) is 4.74 Å². The van der Waals surface area contributed by atoms with Crippen LogP contribution in [0, 0.1) is 10.1 Å². The van der Waals surface area contributed by atoms with Gasteiger partial charge in [-0.25, -0.2) is 13.2 Å². The highest BCUT2D eigenvalue weighted by molar-refractivity contribution is 7.90. The number of carbonyl (C=O) groups is 2. The van der Waals surface area contributed by atoms with E-state index in [9.17, 15) is 28.1 Å². The number of nitro benzene ring substituents is 1. The minimum atomic E-state index is -3.82. The molecule has 9 nitrogen and oxygen atoms in total. The Morgan fingerprint density at radius 3 is 2.50 bits per heavy atom. The van der Waals surface area contributed by atoms with E-state index >= 15 is 0 Å². The number of nitro groups is 1. The number of nitrogens with zero attached hydrogens (tertiary/aromatic N) is 1. The van der Waals surface area contributed by atoms with Gasteiger partial charge in [0.15, 0.2) is 15.9 Å². The summed E-state index contributed by atoms with van der Waals surface area (Å²) in [5.74, 6) is -1.40. The van der Waals surface area contributed by atoms with Gasteiger partial charge in [-0.2, -0.15) is 0 Å². The predicted molar refractivity (Wildman–Crippen MR) is 82.2 cm³/mol. The fraction of sp³-hybridized carbons (Fsp3) is 0.429. The van der Waals surface area contributed by atoms with Gasteiger partial charge in [0.05, 0.1) is 10.5 Å². The van der Waals surface area contributed by atoms with Crippen LogP contribution in [0.4, 0.5) is 5.69 Å². The highest BCUT2D eigenvalue weighted by Gasteiger charge is 2.29. The lowest BCUT2D eigenvalue weighted by atomic mass is 10.2. The number of benzene rings is 1. The Labute approximate surface area is 138 Å². The number of nitrogens with one attached hydrogen (secondary N) is 1. The molecule has 1 atom stereocenters. The topological polar surface area (TPSA) is 133 Å². The molecule has 1 aliphatic carbocycles. The summed E-state index contributed by atoms with van der Waals surface area (Å²) in [5.41, 5.74) is -0.929. The standard InChI is InChI=1S/C14H16N2O7S/c1-8(13(17)15-10-4-5-10)23-14(18)9-3-6-12(24(2,21)22)11(7-9)16(19)20/h3,6-8,10H,4-5H2,1-2H3,(H,15,17)/t8-/m0/s1. The van der Waals surface area contributed by atoms with Gasteiger partial charge in [0.2, 0.25) is 0 Å². The Kier molecular flexibility index (Phi) is 4.88. The first-order valence-electron chi connectivity index (χ1n) is 7.09. The minimum Gasteiger partial charge on any atom is -0.449 e. The molecule has 1 fully saturated rings. The van der Waals surface area contributed by atoms with Crippen LogP contribution >= 0.6 is 0 Å². The zero-order chi connectivity index (χ0) is 18.1. The second-order valence-corrected chi connectivity index (χ2v) is 7.53. The molecule has 0 aliphatic heterocycles. The highest BCUT2D eigenvalue weighted by Crippen LogP contribution is 2.25. The first-order chi connectivity index (χ1) is 11.1. The first kappa shape index (κ1) is 17.9. The molecule has 1 aliphatic rings. The van der Waals surface area contributed by atoms with E-state index in [0.29, 0.717) is 0 Å². The number of rotatable bonds is 6. The summed E-state index contributed by atoms with van der Waals surface area (Å²) in [7, 11) is -3.82. The minimum absolute atomic E-state index is 0.105. The van der Waals surface area contributed by atoms with Crippen molar-refractivity contribution >= 4 is 27.4 Å². The third-order valence-corrected chi connectivity index (χ3v) is 4.51. The molecule has 1 aromatic carbocycles. The SMILES string of the molecule is C[C@H](OC(=O)c1ccc(S(C)(=O)=O)c([N+](=O)[O-])c1)C(=O)NC1CC1. The van der Waals surface area contributed by atoms with Crippen LogP contribution in [0.25, 0.3) is 0 Å². The van der Waals surface area contributed by atoms with Crippen molar-refractivity contribution in [3.63, 3.8) is 0 Å². The summed E-state index contributed by atoms with van der Waals surface area (Å²) in [6.45, 7) is 1.38. The number of sulfone groups is 1. The van der Waals surface area contributed by atoms with Gasteiger partial charge in [-0.05, 0) is 31.9 Å². The molecule has 1 N–H and O–H groups in total. The molecule has 1 aromatic rings. The largest absolute Gasteiger partial charge is 0.449 e. The Hall–Kier alpha value is -2.49. The third kappa shape index (κ3) is 4.28. The third-order valence-electron chi connectivity index (χ3n) is 3.37. The monoisotopic (exact) mass is 356 g/mol. The van der Waals surface area contributed by atoms with E-state index in [1.807, 2.05) is 0 Å². The van der Waals surface area contributed by atoms with Crippen molar-refractivity contribution in [1.82, 2.24) is 5.32 Å². The van der Waals surface area contributed by atoms with E-state index < -0.39 is 43.3 Å². The summed E-state index contributed by atoms with van der Waals surface area (Å²) in [5, 5.41) is 13.7. The fourth-order valence-electron chi connectivity index (χ4n) is 1.93. The molecule has 0 radical (unpaired) electrons. The Morgan fingerprint density at radius 1 is 1.38 bits per heavy atom. The van der Waals surface area contributed by atoms with Gasteiger partial charge < -0.3 is 10.1 Å².